The number of methoxy groups -OCH3 is 1. The Bertz CT molecular complexity index is 458. The van der Waals surface area contributed by atoms with Crippen LogP contribution in [-0.2, 0) is 0 Å². The first kappa shape index (κ1) is 13.6. The summed E-state index contributed by atoms with van der Waals surface area (Å²) in [5.41, 5.74) is 2.76. The average Bonchev–Trinajstić information content (AvgIpc) is 2.93. The Morgan fingerprint density at radius 1 is 1.42 bits per heavy atom. The predicted octanol–water partition coefficient (Wildman–Crippen LogP) is 2.01. The van der Waals surface area contributed by atoms with Crippen LogP contribution < -0.4 is 21.3 Å². The summed E-state index contributed by atoms with van der Waals surface area (Å²) in [4.78, 5) is 4.45. The Hall–Kier alpha value is -1.82. The average molecular weight is 266 g/mol. The van der Waals surface area contributed by atoms with Crippen LogP contribution in [0.2, 0.25) is 0 Å². The maximum atomic E-state index is 13.7. The maximum Gasteiger partial charge on any atom is 0.210 e. The van der Waals surface area contributed by atoms with Crippen molar-refractivity contribution in [2.45, 2.75) is 31.7 Å². The van der Waals surface area contributed by atoms with Gasteiger partial charge in [-0.15, -0.1) is 0 Å². The number of anilines is 1. The highest BCUT2D eigenvalue weighted by atomic mass is 19.1. The topological polar surface area (TPSA) is 71.7 Å². The van der Waals surface area contributed by atoms with Gasteiger partial charge in [-0.3, -0.25) is 5.43 Å². The molecule has 0 spiro atoms. The van der Waals surface area contributed by atoms with Crippen LogP contribution in [0.25, 0.3) is 0 Å². The van der Waals surface area contributed by atoms with Gasteiger partial charge in [0.1, 0.15) is 11.6 Å². The number of halogens is 1. The lowest BCUT2D eigenvalue weighted by Crippen LogP contribution is -2.37. The quantitative estimate of drug-likeness (QED) is 0.339. The molecule has 0 aliphatic heterocycles. The maximum absolute atomic E-state index is 13.7. The molecule has 0 amide bonds. The number of guanidine groups is 1. The van der Waals surface area contributed by atoms with Gasteiger partial charge >= 0.3 is 0 Å². The summed E-state index contributed by atoms with van der Waals surface area (Å²) in [6, 6.07) is 4.72. The lowest BCUT2D eigenvalue weighted by atomic mass is 10.2. The molecule has 0 heterocycles. The van der Waals surface area contributed by atoms with Crippen LogP contribution in [0.3, 0.4) is 0 Å². The molecule has 0 atom stereocenters. The van der Waals surface area contributed by atoms with E-state index in [1.807, 2.05) is 0 Å². The first-order chi connectivity index (χ1) is 9.22. The smallest absolute Gasteiger partial charge is 0.210 e. The van der Waals surface area contributed by atoms with Crippen LogP contribution in [-0.4, -0.2) is 19.1 Å². The molecule has 104 valence electrons. The normalized spacial score (nSPS) is 16.5. The Kier molecular flexibility index (Phi) is 4.57. The van der Waals surface area contributed by atoms with Gasteiger partial charge < -0.3 is 10.1 Å². The number of hydrogen-bond acceptors (Lipinski definition) is 3. The summed E-state index contributed by atoms with van der Waals surface area (Å²) in [6.45, 7) is 0. The van der Waals surface area contributed by atoms with E-state index in [1.54, 1.807) is 12.1 Å². The fourth-order valence-electron chi connectivity index (χ4n) is 2.18. The van der Waals surface area contributed by atoms with Crippen molar-refractivity contribution in [1.29, 1.82) is 0 Å². The van der Waals surface area contributed by atoms with Crippen LogP contribution in [0.4, 0.5) is 10.1 Å². The van der Waals surface area contributed by atoms with Gasteiger partial charge in [0, 0.05) is 6.07 Å². The summed E-state index contributed by atoms with van der Waals surface area (Å²) in [6.07, 6.45) is 4.46. The molecule has 1 fully saturated rings. The van der Waals surface area contributed by atoms with Gasteiger partial charge in [0.05, 0.1) is 18.8 Å². The molecule has 19 heavy (non-hydrogen) atoms. The van der Waals surface area contributed by atoms with E-state index in [2.05, 4.69) is 15.7 Å². The van der Waals surface area contributed by atoms with E-state index >= 15 is 0 Å². The summed E-state index contributed by atoms with van der Waals surface area (Å²) in [5.74, 6) is 5.99. The van der Waals surface area contributed by atoms with E-state index in [4.69, 9.17) is 10.6 Å². The van der Waals surface area contributed by atoms with Gasteiger partial charge in [-0.25, -0.2) is 15.2 Å². The minimum atomic E-state index is -0.379. The lowest BCUT2D eigenvalue weighted by Gasteiger charge is -2.13. The first-order valence-corrected chi connectivity index (χ1v) is 6.38. The molecule has 0 saturated heterocycles. The van der Waals surface area contributed by atoms with Crippen molar-refractivity contribution in [3.8, 4) is 5.75 Å². The highest BCUT2D eigenvalue weighted by molar-refractivity contribution is 5.93. The van der Waals surface area contributed by atoms with Crippen molar-refractivity contribution in [2.24, 2.45) is 10.8 Å². The number of nitrogens with zero attached hydrogens (tertiary/aromatic N) is 1. The fraction of sp³-hybridized carbons (Fsp3) is 0.462. The molecule has 0 aromatic heterocycles. The Morgan fingerprint density at radius 3 is 2.79 bits per heavy atom. The minimum Gasteiger partial charge on any atom is -0.497 e. The molecule has 1 aromatic carbocycles. The molecule has 1 aliphatic carbocycles. The molecular formula is C13H19FN4O. The number of nitrogens with two attached hydrogens (primary N) is 1. The second-order valence-corrected chi connectivity index (χ2v) is 4.53. The molecule has 0 radical (unpaired) electrons. The van der Waals surface area contributed by atoms with Gasteiger partial charge in [0.15, 0.2) is 0 Å². The molecule has 4 N–H and O–H groups in total. The van der Waals surface area contributed by atoms with Crippen LogP contribution in [0.5, 0.6) is 5.75 Å². The number of aliphatic imine (C=N–C) groups is 1. The minimum absolute atomic E-state index is 0.257. The third-order valence-corrected chi connectivity index (χ3v) is 3.20. The summed E-state index contributed by atoms with van der Waals surface area (Å²) < 4.78 is 18.7. The van der Waals surface area contributed by atoms with Crippen molar-refractivity contribution >= 4 is 11.6 Å². The summed E-state index contributed by atoms with van der Waals surface area (Å²) in [7, 11) is 1.53. The van der Waals surface area contributed by atoms with Gasteiger partial charge in [-0.05, 0) is 25.0 Å². The Balaban J connectivity index is 2.13. The molecule has 0 unspecified atom stereocenters. The Morgan fingerprint density at radius 2 is 2.16 bits per heavy atom. The second kappa shape index (κ2) is 6.38. The predicted molar refractivity (Wildman–Crippen MR) is 73.6 cm³/mol. The van der Waals surface area contributed by atoms with E-state index in [0.717, 1.165) is 12.8 Å². The SMILES string of the molecule is COc1ccc(F)c(NC(=NC2CCCC2)NN)c1. The van der Waals surface area contributed by atoms with Crippen molar-refractivity contribution in [3.63, 3.8) is 0 Å². The van der Waals surface area contributed by atoms with Crippen molar-refractivity contribution in [2.75, 3.05) is 12.4 Å². The van der Waals surface area contributed by atoms with Crippen molar-refractivity contribution in [3.05, 3.63) is 24.0 Å². The number of ether oxygens (including phenoxy) is 1. The number of hydrogen-bond donors (Lipinski definition) is 3. The Labute approximate surface area is 112 Å². The first-order valence-electron chi connectivity index (χ1n) is 6.38. The summed E-state index contributed by atoms with van der Waals surface area (Å²) in [5, 5.41) is 2.86. The summed E-state index contributed by atoms with van der Waals surface area (Å²) >= 11 is 0. The van der Waals surface area contributed by atoms with Gasteiger partial charge in [-0.1, -0.05) is 12.8 Å². The zero-order chi connectivity index (χ0) is 13.7. The molecule has 5 nitrogen and oxygen atoms in total. The van der Waals surface area contributed by atoms with Crippen molar-refractivity contribution in [1.82, 2.24) is 5.43 Å². The standard InChI is InChI=1S/C13H19FN4O/c1-19-10-6-7-11(14)12(8-10)17-13(18-15)16-9-4-2-3-5-9/h6-9H,2-5,15H2,1H3,(H2,16,17,18). The highest BCUT2D eigenvalue weighted by Crippen LogP contribution is 2.23. The van der Waals surface area contributed by atoms with E-state index < -0.39 is 0 Å². The van der Waals surface area contributed by atoms with Gasteiger partial charge in [-0.2, -0.15) is 0 Å². The highest BCUT2D eigenvalue weighted by Gasteiger charge is 2.15. The van der Waals surface area contributed by atoms with E-state index in [0.29, 0.717) is 11.7 Å². The zero-order valence-electron chi connectivity index (χ0n) is 10.9. The van der Waals surface area contributed by atoms with Crippen LogP contribution in [0.1, 0.15) is 25.7 Å². The van der Waals surface area contributed by atoms with Gasteiger partial charge in [0.2, 0.25) is 5.96 Å². The zero-order valence-corrected chi connectivity index (χ0v) is 10.9. The third kappa shape index (κ3) is 3.57. The van der Waals surface area contributed by atoms with Gasteiger partial charge in [0.25, 0.3) is 0 Å². The number of nitrogens with one attached hydrogen (secondary N) is 2. The van der Waals surface area contributed by atoms with Crippen LogP contribution >= 0.6 is 0 Å². The third-order valence-electron chi connectivity index (χ3n) is 3.20. The largest absolute Gasteiger partial charge is 0.497 e. The van der Waals surface area contributed by atoms with E-state index in [9.17, 15) is 4.39 Å². The van der Waals surface area contributed by atoms with Crippen molar-refractivity contribution < 1.29 is 9.13 Å². The van der Waals surface area contributed by atoms with Crippen LogP contribution in [0, 0.1) is 5.82 Å². The number of rotatable bonds is 3. The molecule has 1 saturated carbocycles. The second-order valence-electron chi connectivity index (χ2n) is 4.53. The molecule has 6 heteroatoms. The van der Waals surface area contributed by atoms with E-state index in [-0.39, 0.29) is 17.5 Å². The number of benzene rings is 1. The molecule has 2 rings (SSSR count). The molecule has 1 aliphatic rings. The lowest BCUT2D eigenvalue weighted by molar-refractivity contribution is 0.414. The number of hydrazine groups is 1. The van der Waals surface area contributed by atoms with Crippen LogP contribution in [0.15, 0.2) is 23.2 Å². The molecule has 0 bridgehead atoms. The molecule has 1 aromatic rings. The molecular weight excluding hydrogens is 247 g/mol. The fourth-order valence-corrected chi connectivity index (χ4v) is 2.18. The van der Waals surface area contributed by atoms with E-state index in [1.165, 1.54) is 26.0 Å². The monoisotopic (exact) mass is 266 g/mol.